The molecule has 0 aliphatic carbocycles. The fourth-order valence-electron chi connectivity index (χ4n) is 2.30. The number of nitrogens with one attached hydrogen (secondary N) is 1. The van der Waals surface area contributed by atoms with Gasteiger partial charge in [-0.05, 0) is 45.9 Å². The molecule has 22 heavy (non-hydrogen) atoms. The van der Waals surface area contributed by atoms with Gasteiger partial charge in [0.25, 0.3) is 0 Å². The molecule has 0 unspecified atom stereocenters. The zero-order valence-electron chi connectivity index (χ0n) is 13.1. The van der Waals surface area contributed by atoms with E-state index in [1.807, 2.05) is 39.0 Å². The summed E-state index contributed by atoms with van der Waals surface area (Å²) in [6.07, 6.45) is 0. The van der Waals surface area contributed by atoms with Crippen LogP contribution in [0.3, 0.4) is 0 Å². The standard InChI is InChI=1S/C15H18N6S/c1-9-7-10(2)21(20-9)15-6-5-14(18-19-15)16-8-13-11(3)22-12(4)17-13/h5-7H,8H2,1-4H3,(H,16,18). The van der Waals surface area contributed by atoms with Crippen molar-refractivity contribution in [3.05, 3.63) is 45.2 Å². The maximum atomic E-state index is 4.50. The Bertz CT molecular complexity index is 787. The molecule has 0 saturated carbocycles. The number of thiazole rings is 1. The second-order valence-corrected chi connectivity index (χ2v) is 6.61. The van der Waals surface area contributed by atoms with Gasteiger partial charge in [0.15, 0.2) is 5.82 Å². The molecule has 0 atom stereocenters. The van der Waals surface area contributed by atoms with Gasteiger partial charge in [0.05, 0.1) is 22.9 Å². The average Bonchev–Trinajstić information content (AvgIpc) is 2.98. The fraction of sp³-hybridized carbons (Fsp3) is 0.333. The number of anilines is 1. The summed E-state index contributed by atoms with van der Waals surface area (Å²) in [6, 6.07) is 5.84. The van der Waals surface area contributed by atoms with E-state index < -0.39 is 0 Å². The molecule has 0 spiro atoms. The van der Waals surface area contributed by atoms with Crippen molar-refractivity contribution in [2.24, 2.45) is 0 Å². The van der Waals surface area contributed by atoms with Crippen molar-refractivity contribution in [1.82, 2.24) is 25.0 Å². The molecule has 0 fully saturated rings. The van der Waals surface area contributed by atoms with Crippen LogP contribution in [0.4, 0.5) is 5.82 Å². The van der Waals surface area contributed by atoms with Gasteiger partial charge in [-0.15, -0.1) is 21.5 Å². The van der Waals surface area contributed by atoms with Gasteiger partial charge in [-0.2, -0.15) is 5.10 Å². The van der Waals surface area contributed by atoms with E-state index in [4.69, 9.17) is 0 Å². The monoisotopic (exact) mass is 314 g/mol. The Kier molecular flexibility index (Phi) is 3.89. The van der Waals surface area contributed by atoms with E-state index in [-0.39, 0.29) is 0 Å². The van der Waals surface area contributed by atoms with Gasteiger partial charge in [0.1, 0.15) is 5.82 Å². The van der Waals surface area contributed by atoms with Crippen molar-refractivity contribution in [2.75, 3.05) is 5.32 Å². The topological polar surface area (TPSA) is 68.5 Å². The van der Waals surface area contributed by atoms with Gasteiger partial charge in [-0.25, -0.2) is 9.67 Å². The lowest BCUT2D eigenvalue weighted by Gasteiger charge is -2.06. The first-order valence-corrected chi connectivity index (χ1v) is 7.89. The van der Waals surface area contributed by atoms with E-state index in [1.54, 1.807) is 16.0 Å². The number of aryl methyl sites for hydroxylation is 4. The average molecular weight is 314 g/mol. The lowest BCUT2D eigenvalue weighted by Crippen LogP contribution is -2.07. The minimum absolute atomic E-state index is 0.657. The summed E-state index contributed by atoms with van der Waals surface area (Å²) in [5.41, 5.74) is 3.07. The van der Waals surface area contributed by atoms with Gasteiger partial charge >= 0.3 is 0 Å². The van der Waals surface area contributed by atoms with E-state index in [9.17, 15) is 0 Å². The van der Waals surface area contributed by atoms with Gasteiger partial charge in [0.2, 0.25) is 0 Å². The Morgan fingerprint density at radius 1 is 1.14 bits per heavy atom. The zero-order valence-corrected chi connectivity index (χ0v) is 13.9. The molecule has 3 aromatic rings. The predicted molar refractivity (Wildman–Crippen MR) is 87.5 cm³/mol. The smallest absolute Gasteiger partial charge is 0.176 e. The van der Waals surface area contributed by atoms with Crippen molar-refractivity contribution >= 4 is 17.2 Å². The number of aromatic nitrogens is 5. The summed E-state index contributed by atoms with van der Waals surface area (Å²) in [7, 11) is 0. The summed E-state index contributed by atoms with van der Waals surface area (Å²) in [4.78, 5) is 5.73. The van der Waals surface area contributed by atoms with Crippen molar-refractivity contribution in [1.29, 1.82) is 0 Å². The largest absolute Gasteiger partial charge is 0.363 e. The minimum atomic E-state index is 0.657. The SMILES string of the molecule is Cc1cc(C)n(-c2ccc(NCc3nc(C)sc3C)nn2)n1. The number of rotatable bonds is 4. The highest BCUT2D eigenvalue weighted by molar-refractivity contribution is 7.11. The lowest BCUT2D eigenvalue weighted by atomic mass is 10.3. The number of hydrogen-bond acceptors (Lipinski definition) is 6. The van der Waals surface area contributed by atoms with Crippen molar-refractivity contribution < 1.29 is 0 Å². The van der Waals surface area contributed by atoms with E-state index in [0.717, 1.165) is 33.7 Å². The van der Waals surface area contributed by atoms with E-state index in [2.05, 4.69) is 32.5 Å². The van der Waals surface area contributed by atoms with Crippen molar-refractivity contribution in [2.45, 2.75) is 34.2 Å². The lowest BCUT2D eigenvalue weighted by molar-refractivity contribution is 0.781. The third kappa shape index (κ3) is 2.99. The third-order valence-electron chi connectivity index (χ3n) is 3.31. The zero-order chi connectivity index (χ0) is 15.7. The number of nitrogens with zero attached hydrogens (tertiary/aromatic N) is 5. The van der Waals surface area contributed by atoms with Crippen LogP contribution in [0, 0.1) is 27.7 Å². The van der Waals surface area contributed by atoms with Crippen molar-refractivity contribution in [3.8, 4) is 5.82 Å². The van der Waals surface area contributed by atoms with E-state index >= 15 is 0 Å². The molecule has 0 saturated heterocycles. The molecule has 1 N–H and O–H groups in total. The van der Waals surface area contributed by atoms with Crippen LogP contribution in [0.2, 0.25) is 0 Å². The summed E-state index contributed by atoms with van der Waals surface area (Å²) in [5.74, 6) is 1.45. The molecule has 6 nitrogen and oxygen atoms in total. The molecular weight excluding hydrogens is 296 g/mol. The van der Waals surface area contributed by atoms with Crippen LogP contribution >= 0.6 is 11.3 Å². The predicted octanol–water partition coefficient (Wildman–Crippen LogP) is 2.96. The Labute approximate surface area is 133 Å². The Hall–Kier alpha value is -2.28. The van der Waals surface area contributed by atoms with Crippen LogP contribution in [-0.2, 0) is 6.54 Å². The third-order valence-corrected chi connectivity index (χ3v) is 4.24. The molecule has 3 aromatic heterocycles. The fourth-order valence-corrected chi connectivity index (χ4v) is 3.14. The molecule has 114 valence electrons. The highest BCUT2D eigenvalue weighted by atomic mass is 32.1. The van der Waals surface area contributed by atoms with Crippen LogP contribution < -0.4 is 5.32 Å². The maximum Gasteiger partial charge on any atom is 0.176 e. The quantitative estimate of drug-likeness (QED) is 0.802. The first-order valence-electron chi connectivity index (χ1n) is 7.07. The molecule has 3 rings (SSSR count). The van der Waals surface area contributed by atoms with Gasteiger partial charge in [0, 0.05) is 10.6 Å². The van der Waals surface area contributed by atoms with Crippen LogP contribution in [0.1, 0.15) is 27.0 Å². The second-order valence-electron chi connectivity index (χ2n) is 5.20. The highest BCUT2D eigenvalue weighted by Gasteiger charge is 2.07. The van der Waals surface area contributed by atoms with Crippen LogP contribution in [-0.4, -0.2) is 25.0 Å². The molecule has 7 heteroatoms. The van der Waals surface area contributed by atoms with Gasteiger partial charge in [-0.1, -0.05) is 0 Å². The maximum absolute atomic E-state index is 4.50. The first-order chi connectivity index (χ1) is 10.5. The molecule has 0 aliphatic rings. The van der Waals surface area contributed by atoms with Crippen LogP contribution in [0.5, 0.6) is 0 Å². The molecule has 0 radical (unpaired) electrons. The Morgan fingerprint density at radius 3 is 2.50 bits per heavy atom. The summed E-state index contributed by atoms with van der Waals surface area (Å²) in [6.45, 7) is 8.72. The van der Waals surface area contributed by atoms with Crippen LogP contribution in [0.15, 0.2) is 18.2 Å². The van der Waals surface area contributed by atoms with Gasteiger partial charge in [-0.3, -0.25) is 0 Å². The summed E-state index contributed by atoms with van der Waals surface area (Å²) in [5, 5.41) is 17.2. The Balaban J connectivity index is 1.72. The van der Waals surface area contributed by atoms with E-state index in [0.29, 0.717) is 6.54 Å². The van der Waals surface area contributed by atoms with Gasteiger partial charge < -0.3 is 5.32 Å². The van der Waals surface area contributed by atoms with Crippen molar-refractivity contribution in [3.63, 3.8) is 0 Å². The molecule has 0 bridgehead atoms. The molecular formula is C15H18N6S. The number of hydrogen-bond donors (Lipinski definition) is 1. The minimum Gasteiger partial charge on any atom is -0.363 e. The first kappa shape index (κ1) is 14.6. The summed E-state index contributed by atoms with van der Waals surface area (Å²) >= 11 is 1.71. The molecule has 0 aliphatic heterocycles. The molecule has 0 aromatic carbocycles. The molecule has 3 heterocycles. The second kappa shape index (κ2) is 5.84. The summed E-state index contributed by atoms with van der Waals surface area (Å²) < 4.78 is 1.79. The van der Waals surface area contributed by atoms with Crippen LogP contribution in [0.25, 0.3) is 5.82 Å². The van der Waals surface area contributed by atoms with E-state index in [1.165, 1.54) is 4.88 Å². The highest BCUT2D eigenvalue weighted by Crippen LogP contribution is 2.17. The Morgan fingerprint density at radius 2 is 1.95 bits per heavy atom. The normalized spacial score (nSPS) is 10.9. The molecule has 0 amide bonds.